The molecule has 0 aliphatic carbocycles. The van der Waals surface area contributed by atoms with Crippen LogP contribution in [0.5, 0.6) is 17.2 Å². The average molecular weight is 538 g/mol. The summed E-state index contributed by atoms with van der Waals surface area (Å²) in [5, 5.41) is 3.99. The van der Waals surface area contributed by atoms with Gasteiger partial charge >= 0.3 is 0 Å². The predicted molar refractivity (Wildman–Crippen MR) is 152 cm³/mol. The number of thiocarbonyl (C=S) groups is 1. The van der Waals surface area contributed by atoms with Crippen LogP contribution in [0.2, 0.25) is 0 Å². The van der Waals surface area contributed by atoms with Crippen molar-refractivity contribution in [2.75, 3.05) is 12.0 Å². The van der Waals surface area contributed by atoms with Crippen molar-refractivity contribution in [3.05, 3.63) is 127 Å². The highest BCUT2D eigenvalue weighted by Crippen LogP contribution is 2.43. The van der Waals surface area contributed by atoms with Crippen LogP contribution in [-0.2, 0) is 0 Å². The lowest BCUT2D eigenvalue weighted by molar-refractivity contribution is 0.413. The van der Waals surface area contributed by atoms with Crippen LogP contribution in [0.4, 0.5) is 10.1 Å². The van der Waals surface area contributed by atoms with Crippen LogP contribution in [-0.4, -0.2) is 17.2 Å². The normalized spacial score (nSPS) is 16.7. The molecule has 1 N–H and O–H groups in total. The third-order valence-electron chi connectivity index (χ3n) is 6.56. The van der Waals surface area contributed by atoms with Crippen LogP contribution in [0.3, 0.4) is 0 Å². The smallest absolute Gasteiger partial charge is 0.174 e. The van der Waals surface area contributed by atoms with E-state index in [-0.39, 0.29) is 17.9 Å². The summed E-state index contributed by atoms with van der Waals surface area (Å²) in [5.74, 6) is 3.22. The third-order valence-corrected chi connectivity index (χ3v) is 6.87. The monoisotopic (exact) mass is 537 g/mol. The standard InChI is InChI=1S/C31H24FN3O3S/c1-36-23-13-15-25(16-14-23)37-24-11-9-22(10-12-24)35-30(29(34-31(35)39)26-4-2-3-19-33-26)28-18-17-27(38-28)20-5-7-21(32)8-6-20/h2-19,29-30H,1H3,(H,34,39)/t29-,30+/m1/s1. The van der Waals surface area contributed by atoms with Crippen LogP contribution in [0.15, 0.2) is 114 Å². The lowest BCUT2D eigenvalue weighted by atomic mass is 10.0. The van der Waals surface area contributed by atoms with E-state index >= 15 is 0 Å². The van der Waals surface area contributed by atoms with Crippen LogP contribution in [0.25, 0.3) is 11.3 Å². The van der Waals surface area contributed by atoms with E-state index in [4.69, 9.17) is 26.1 Å². The molecule has 6 nitrogen and oxygen atoms in total. The molecule has 0 radical (unpaired) electrons. The van der Waals surface area contributed by atoms with E-state index in [2.05, 4.69) is 10.3 Å². The highest BCUT2D eigenvalue weighted by Gasteiger charge is 2.42. The molecule has 8 heteroatoms. The van der Waals surface area contributed by atoms with E-state index in [9.17, 15) is 4.39 Å². The molecule has 2 aromatic heterocycles. The summed E-state index contributed by atoms with van der Waals surface area (Å²) in [4.78, 5) is 6.61. The Morgan fingerprint density at radius 3 is 2.21 bits per heavy atom. The Morgan fingerprint density at radius 2 is 1.54 bits per heavy atom. The van der Waals surface area contributed by atoms with E-state index in [1.165, 1.54) is 12.1 Å². The minimum absolute atomic E-state index is 0.249. The molecule has 1 aliphatic heterocycles. The fourth-order valence-electron chi connectivity index (χ4n) is 4.66. The molecule has 0 saturated carbocycles. The van der Waals surface area contributed by atoms with E-state index < -0.39 is 0 Å². The molecule has 1 aliphatic rings. The van der Waals surface area contributed by atoms with Gasteiger partial charge in [-0.25, -0.2) is 4.39 Å². The first-order valence-corrected chi connectivity index (χ1v) is 12.8. The summed E-state index contributed by atoms with van der Waals surface area (Å²) in [6.07, 6.45) is 1.76. The molecule has 0 amide bonds. The molecule has 1 saturated heterocycles. The molecule has 39 heavy (non-hydrogen) atoms. The van der Waals surface area contributed by atoms with Crippen molar-refractivity contribution in [1.29, 1.82) is 0 Å². The third kappa shape index (κ3) is 5.06. The minimum atomic E-state index is -0.310. The first kappa shape index (κ1) is 24.6. The Hall–Kier alpha value is -4.69. The first-order valence-electron chi connectivity index (χ1n) is 12.4. The second kappa shape index (κ2) is 10.6. The Labute approximate surface area is 230 Å². The van der Waals surface area contributed by atoms with Crippen LogP contribution in [0, 0.1) is 5.82 Å². The number of aromatic nitrogens is 1. The molecule has 3 heterocycles. The second-order valence-electron chi connectivity index (χ2n) is 8.98. The zero-order chi connectivity index (χ0) is 26.8. The Kier molecular flexibility index (Phi) is 6.69. The van der Waals surface area contributed by atoms with Gasteiger partial charge in [0.15, 0.2) is 5.11 Å². The van der Waals surface area contributed by atoms with Gasteiger partial charge in [0.25, 0.3) is 0 Å². The fraction of sp³-hybridized carbons (Fsp3) is 0.0968. The summed E-state index contributed by atoms with van der Waals surface area (Å²) >= 11 is 5.81. The number of rotatable bonds is 7. The average Bonchev–Trinajstić information content (AvgIpc) is 3.59. The number of halogens is 1. The van der Waals surface area contributed by atoms with Crippen LogP contribution < -0.4 is 19.7 Å². The van der Waals surface area contributed by atoms with Crippen molar-refractivity contribution in [3.8, 4) is 28.6 Å². The molecular weight excluding hydrogens is 513 g/mol. The molecular formula is C31H24FN3O3S. The number of anilines is 1. The molecule has 2 atom stereocenters. The largest absolute Gasteiger partial charge is 0.497 e. The number of benzene rings is 3. The van der Waals surface area contributed by atoms with Crippen LogP contribution in [0.1, 0.15) is 23.5 Å². The van der Waals surface area contributed by atoms with Gasteiger partial charge in [0, 0.05) is 17.4 Å². The Balaban J connectivity index is 1.32. The highest BCUT2D eigenvalue weighted by atomic mass is 32.1. The number of pyridine rings is 1. The van der Waals surface area contributed by atoms with E-state index in [0.29, 0.717) is 28.1 Å². The summed E-state index contributed by atoms with van der Waals surface area (Å²) in [6, 6.07) is 30.4. The van der Waals surface area contributed by atoms with E-state index in [1.807, 2.05) is 83.8 Å². The Bertz CT molecular complexity index is 1570. The number of furan rings is 1. The van der Waals surface area contributed by atoms with E-state index in [1.54, 1.807) is 25.4 Å². The van der Waals surface area contributed by atoms with Gasteiger partial charge in [0.2, 0.25) is 0 Å². The maximum absolute atomic E-state index is 13.5. The lowest BCUT2D eigenvalue weighted by Crippen LogP contribution is -2.29. The molecule has 1 fully saturated rings. The maximum atomic E-state index is 13.5. The van der Waals surface area contributed by atoms with Gasteiger partial charge in [-0.1, -0.05) is 6.07 Å². The van der Waals surface area contributed by atoms with Crippen molar-refractivity contribution >= 4 is 23.0 Å². The first-order chi connectivity index (χ1) is 19.1. The Morgan fingerprint density at radius 1 is 0.846 bits per heavy atom. The van der Waals surface area contributed by atoms with Gasteiger partial charge in [0.1, 0.15) is 40.6 Å². The van der Waals surface area contributed by atoms with Gasteiger partial charge in [-0.05, 0) is 109 Å². The topological polar surface area (TPSA) is 59.8 Å². The maximum Gasteiger partial charge on any atom is 0.174 e. The molecule has 5 aromatic rings. The van der Waals surface area contributed by atoms with Gasteiger partial charge in [-0.2, -0.15) is 0 Å². The predicted octanol–water partition coefficient (Wildman–Crippen LogP) is 7.46. The summed E-state index contributed by atoms with van der Waals surface area (Å²) < 4.78 is 31.0. The van der Waals surface area contributed by atoms with Gasteiger partial charge in [0.05, 0.1) is 18.8 Å². The molecule has 194 valence electrons. The van der Waals surface area contributed by atoms with Crippen molar-refractivity contribution in [1.82, 2.24) is 10.3 Å². The molecule has 0 bridgehead atoms. The van der Waals surface area contributed by atoms with Gasteiger partial charge < -0.3 is 24.1 Å². The van der Waals surface area contributed by atoms with E-state index in [0.717, 1.165) is 22.7 Å². The zero-order valence-electron chi connectivity index (χ0n) is 21.0. The zero-order valence-corrected chi connectivity index (χ0v) is 21.8. The number of hydrogen-bond donors (Lipinski definition) is 1. The van der Waals surface area contributed by atoms with Crippen LogP contribution >= 0.6 is 12.2 Å². The number of hydrogen-bond acceptors (Lipinski definition) is 5. The van der Waals surface area contributed by atoms with Crippen molar-refractivity contribution in [2.45, 2.75) is 12.1 Å². The summed E-state index contributed by atoms with van der Waals surface area (Å²) in [5.41, 5.74) is 2.50. The number of methoxy groups -OCH3 is 1. The molecule has 0 spiro atoms. The summed E-state index contributed by atoms with van der Waals surface area (Å²) in [6.45, 7) is 0. The number of nitrogens with one attached hydrogen (secondary N) is 1. The van der Waals surface area contributed by atoms with Crippen molar-refractivity contribution in [2.24, 2.45) is 0 Å². The summed E-state index contributed by atoms with van der Waals surface area (Å²) in [7, 11) is 1.63. The minimum Gasteiger partial charge on any atom is -0.497 e. The van der Waals surface area contributed by atoms with Crippen molar-refractivity contribution < 1.29 is 18.3 Å². The molecule has 3 aromatic carbocycles. The highest BCUT2D eigenvalue weighted by molar-refractivity contribution is 7.80. The van der Waals surface area contributed by atoms with Crippen molar-refractivity contribution in [3.63, 3.8) is 0 Å². The second-order valence-corrected chi connectivity index (χ2v) is 9.36. The lowest BCUT2D eigenvalue weighted by Gasteiger charge is -2.26. The number of nitrogens with zero attached hydrogens (tertiary/aromatic N) is 2. The quantitative estimate of drug-likeness (QED) is 0.216. The van der Waals surface area contributed by atoms with Gasteiger partial charge in [-0.3, -0.25) is 4.98 Å². The fourth-order valence-corrected chi connectivity index (χ4v) is 5.00. The number of ether oxygens (including phenoxy) is 2. The van der Waals surface area contributed by atoms with Gasteiger partial charge in [-0.15, -0.1) is 0 Å². The SMILES string of the molecule is COc1ccc(Oc2ccc(N3C(=S)N[C@H](c4ccccn4)[C@@H]3c3ccc(-c4ccc(F)cc4)o3)cc2)cc1. The molecule has 0 unspecified atom stereocenters. The molecule has 6 rings (SSSR count).